The van der Waals surface area contributed by atoms with E-state index in [2.05, 4.69) is 5.32 Å². The first-order valence-corrected chi connectivity index (χ1v) is 5.62. The second kappa shape index (κ2) is 6.36. The van der Waals surface area contributed by atoms with Gasteiger partial charge >= 0.3 is 6.18 Å². The third-order valence-electron chi connectivity index (χ3n) is 2.37. The summed E-state index contributed by atoms with van der Waals surface area (Å²) < 4.78 is 50.7. The number of alkyl halides is 3. The molecule has 6 heteroatoms. The highest BCUT2D eigenvalue weighted by Gasteiger charge is 2.31. The predicted molar refractivity (Wildman–Crippen MR) is 63.2 cm³/mol. The van der Waals surface area contributed by atoms with E-state index < -0.39 is 29.0 Å². The largest absolute Gasteiger partial charge is 0.416 e. The summed E-state index contributed by atoms with van der Waals surface area (Å²) in [6.07, 6.45) is -0.518. The molecule has 1 aromatic rings. The van der Waals surface area contributed by atoms with Gasteiger partial charge in [-0.15, -0.1) is 0 Å². The highest BCUT2D eigenvalue weighted by atomic mass is 19.4. The summed E-state index contributed by atoms with van der Waals surface area (Å²) >= 11 is 0. The summed E-state index contributed by atoms with van der Waals surface area (Å²) in [6.45, 7) is 2.03. The number of rotatable bonds is 4. The standard InChI is InChI=1S/C13H13F4NO/c1-2-3-4-7-18-12(19)10-8-9(13(15,16)17)5-6-11(10)14/h2-3,5-6,8H,4,7H2,1H3,(H,18,19)/b3-2+. The molecule has 0 aliphatic rings. The van der Waals surface area contributed by atoms with Crippen LogP contribution in [0.1, 0.15) is 29.3 Å². The zero-order chi connectivity index (χ0) is 14.5. The van der Waals surface area contributed by atoms with Crippen LogP contribution in [0.25, 0.3) is 0 Å². The molecule has 1 aromatic carbocycles. The van der Waals surface area contributed by atoms with Crippen LogP contribution < -0.4 is 5.32 Å². The van der Waals surface area contributed by atoms with E-state index in [-0.39, 0.29) is 6.54 Å². The van der Waals surface area contributed by atoms with Crippen LogP contribution >= 0.6 is 0 Å². The fourth-order valence-electron chi connectivity index (χ4n) is 1.41. The normalized spacial score (nSPS) is 11.8. The Bertz CT molecular complexity index is 480. The molecule has 0 aliphatic heterocycles. The van der Waals surface area contributed by atoms with Gasteiger partial charge in [0.15, 0.2) is 0 Å². The van der Waals surface area contributed by atoms with Crippen molar-refractivity contribution in [3.63, 3.8) is 0 Å². The highest BCUT2D eigenvalue weighted by Crippen LogP contribution is 2.30. The van der Waals surface area contributed by atoms with Crippen molar-refractivity contribution in [3.8, 4) is 0 Å². The summed E-state index contributed by atoms with van der Waals surface area (Å²) in [4.78, 5) is 11.6. The first kappa shape index (κ1) is 15.2. The quantitative estimate of drug-likeness (QED) is 0.508. The summed E-state index contributed by atoms with van der Waals surface area (Å²) in [6, 6.07) is 1.76. The first-order chi connectivity index (χ1) is 8.86. The lowest BCUT2D eigenvalue weighted by Gasteiger charge is -2.09. The van der Waals surface area contributed by atoms with E-state index in [1.165, 1.54) is 0 Å². The van der Waals surface area contributed by atoms with E-state index in [1.54, 1.807) is 19.1 Å². The molecule has 1 amide bonds. The van der Waals surface area contributed by atoms with Gasteiger partial charge in [-0.05, 0) is 31.5 Å². The van der Waals surface area contributed by atoms with E-state index in [0.29, 0.717) is 24.6 Å². The topological polar surface area (TPSA) is 29.1 Å². The minimum absolute atomic E-state index is 0.235. The van der Waals surface area contributed by atoms with Gasteiger partial charge in [-0.1, -0.05) is 12.2 Å². The van der Waals surface area contributed by atoms with Crippen molar-refractivity contribution < 1.29 is 22.4 Å². The van der Waals surface area contributed by atoms with Crippen molar-refractivity contribution in [1.29, 1.82) is 0 Å². The van der Waals surface area contributed by atoms with Gasteiger partial charge in [0.25, 0.3) is 5.91 Å². The molecule has 19 heavy (non-hydrogen) atoms. The fraction of sp³-hybridized carbons (Fsp3) is 0.308. The van der Waals surface area contributed by atoms with Gasteiger partial charge in [0, 0.05) is 6.54 Å². The Labute approximate surface area is 108 Å². The molecule has 1 rings (SSSR count). The maximum atomic E-state index is 13.3. The average molecular weight is 275 g/mol. The number of nitrogens with one attached hydrogen (secondary N) is 1. The number of allylic oxidation sites excluding steroid dienone is 1. The van der Waals surface area contributed by atoms with Crippen LogP contribution in [0, 0.1) is 5.82 Å². The third kappa shape index (κ3) is 4.39. The van der Waals surface area contributed by atoms with Crippen molar-refractivity contribution in [1.82, 2.24) is 5.32 Å². The zero-order valence-corrected chi connectivity index (χ0v) is 10.2. The maximum absolute atomic E-state index is 13.3. The summed E-state index contributed by atoms with van der Waals surface area (Å²) in [7, 11) is 0. The summed E-state index contributed by atoms with van der Waals surface area (Å²) in [5, 5.41) is 2.36. The van der Waals surface area contributed by atoms with E-state index in [9.17, 15) is 22.4 Å². The molecule has 0 spiro atoms. The molecule has 2 nitrogen and oxygen atoms in total. The van der Waals surface area contributed by atoms with Crippen molar-refractivity contribution >= 4 is 5.91 Å². The number of carbonyl (C=O) groups excluding carboxylic acids is 1. The Morgan fingerprint density at radius 1 is 1.37 bits per heavy atom. The molecular formula is C13H13F4NO. The molecule has 0 saturated heterocycles. The molecule has 0 atom stereocenters. The number of hydrogen-bond donors (Lipinski definition) is 1. The monoisotopic (exact) mass is 275 g/mol. The maximum Gasteiger partial charge on any atom is 0.416 e. The van der Waals surface area contributed by atoms with Crippen LogP contribution in [0.2, 0.25) is 0 Å². The second-order valence-corrected chi connectivity index (χ2v) is 3.81. The molecule has 0 aliphatic carbocycles. The second-order valence-electron chi connectivity index (χ2n) is 3.81. The van der Waals surface area contributed by atoms with Crippen molar-refractivity contribution in [2.75, 3.05) is 6.54 Å². The summed E-state index contributed by atoms with van der Waals surface area (Å²) in [5.74, 6) is -1.83. The lowest BCUT2D eigenvalue weighted by atomic mass is 10.1. The Morgan fingerprint density at radius 2 is 2.05 bits per heavy atom. The molecule has 0 heterocycles. The van der Waals surface area contributed by atoms with Crippen molar-refractivity contribution in [3.05, 3.63) is 47.3 Å². The molecule has 1 N–H and O–H groups in total. The lowest BCUT2D eigenvalue weighted by molar-refractivity contribution is -0.137. The van der Waals surface area contributed by atoms with Gasteiger partial charge in [-0.3, -0.25) is 4.79 Å². The van der Waals surface area contributed by atoms with Gasteiger partial charge in [0.1, 0.15) is 5.82 Å². The van der Waals surface area contributed by atoms with Crippen molar-refractivity contribution in [2.24, 2.45) is 0 Å². The molecule has 0 aromatic heterocycles. The lowest BCUT2D eigenvalue weighted by Crippen LogP contribution is -2.25. The van der Waals surface area contributed by atoms with Crippen LogP contribution in [0.5, 0.6) is 0 Å². The van der Waals surface area contributed by atoms with Gasteiger partial charge in [0.2, 0.25) is 0 Å². The predicted octanol–water partition coefficient (Wildman–Crippen LogP) is 3.54. The van der Waals surface area contributed by atoms with Gasteiger partial charge in [-0.25, -0.2) is 4.39 Å². The highest BCUT2D eigenvalue weighted by molar-refractivity contribution is 5.94. The smallest absolute Gasteiger partial charge is 0.352 e. The molecular weight excluding hydrogens is 262 g/mol. The van der Waals surface area contributed by atoms with E-state index in [4.69, 9.17) is 0 Å². The van der Waals surface area contributed by atoms with Crippen LogP contribution in [0.4, 0.5) is 17.6 Å². The van der Waals surface area contributed by atoms with Gasteiger partial charge in [0.05, 0.1) is 11.1 Å². The van der Waals surface area contributed by atoms with Crippen LogP contribution in [0.15, 0.2) is 30.4 Å². The first-order valence-electron chi connectivity index (χ1n) is 5.62. The van der Waals surface area contributed by atoms with Crippen molar-refractivity contribution in [2.45, 2.75) is 19.5 Å². The van der Waals surface area contributed by atoms with Crippen LogP contribution in [-0.4, -0.2) is 12.5 Å². The van der Waals surface area contributed by atoms with Crippen LogP contribution in [-0.2, 0) is 6.18 Å². The number of hydrogen-bond acceptors (Lipinski definition) is 1. The SMILES string of the molecule is C/C=C/CCNC(=O)c1cc(C(F)(F)F)ccc1F. The van der Waals surface area contributed by atoms with E-state index in [1.807, 2.05) is 0 Å². The number of amides is 1. The minimum Gasteiger partial charge on any atom is -0.352 e. The Balaban J connectivity index is 2.84. The average Bonchev–Trinajstić information content (AvgIpc) is 2.33. The van der Waals surface area contributed by atoms with E-state index >= 15 is 0 Å². The zero-order valence-electron chi connectivity index (χ0n) is 10.2. The molecule has 0 saturated carbocycles. The molecule has 104 valence electrons. The Morgan fingerprint density at radius 3 is 2.63 bits per heavy atom. The van der Waals surface area contributed by atoms with E-state index in [0.717, 1.165) is 0 Å². The van der Waals surface area contributed by atoms with Gasteiger partial charge < -0.3 is 5.32 Å². The Hall–Kier alpha value is -1.85. The minimum atomic E-state index is -4.60. The molecule has 0 radical (unpaired) electrons. The third-order valence-corrected chi connectivity index (χ3v) is 2.37. The number of halogens is 4. The molecule has 0 unspecified atom stereocenters. The Kier molecular flexibility index (Phi) is 5.09. The molecule has 0 bridgehead atoms. The summed E-state index contributed by atoms with van der Waals surface area (Å²) in [5.41, 5.74) is -1.65. The fourth-order valence-corrected chi connectivity index (χ4v) is 1.41. The van der Waals surface area contributed by atoms with Gasteiger partial charge in [-0.2, -0.15) is 13.2 Å². The number of benzene rings is 1. The number of carbonyl (C=O) groups is 1. The molecule has 0 fully saturated rings. The van der Waals surface area contributed by atoms with Crippen LogP contribution in [0.3, 0.4) is 0 Å².